The van der Waals surface area contributed by atoms with Crippen LogP contribution in [0, 0.1) is 6.92 Å². The molecule has 0 spiro atoms. The van der Waals surface area contributed by atoms with Gasteiger partial charge in [0.2, 0.25) is 0 Å². The van der Waals surface area contributed by atoms with Gasteiger partial charge in [-0.25, -0.2) is 0 Å². The Morgan fingerprint density at radius 3 is 3.06 bits per heavy atom. The van der Waals surface area contributed by atoms with Gasteiger partial charge in [-0.1, -0.05) is 28.1 Å². The van der Waals surface area contributed by atoms with Gasteiger partial charge in [-0.3, -0.25) is 4.90 Å². The van der Waals surface area contributed by atoms with Crippen molar-refractivity contribution in [1.82, 2.24) is 10.2 Å². The maximum atomic E-state index is 3.75. The molecule has 2 atom stereocenters. The van der Waals surface area contributed by atoms with Crippen molar-refractivity contribution in [3.63, 3.8) is 0 Å². The van der Waals surface area contributed by atoms with Gasteiger partial charge in [0.25, 0.3) is 0 Å². The Hall–Kier alpha value is -0.380. The number of nitrogens with one attached hydrogen (secondary N) is 1. The first-order valence-corrected chi connectivity index (χ1v) is 7.76. The molecule has 2 heterocycles. The number of rotatable bonds is 3. The second kappa shape index (κ2) is 5.32. The molecule has 2 aliphatic heterocycles. The molecule has 3 heteroatoms. The van der Waals surface area contributed by atoms with Gasteiger partial charge in [0.1, 0.15) is 0 Å². The number of benzene rings is 1. The number of nitrogens with zero attached hydrogens (tertiary/aromatic N) is 1. The summed E-state index contributed by atoms with van der Waals surface area (Å²) in [4.78, 5) is 2.66. The molecule has 1 aromatic carbocycles. The molecule has 0 aromatic heterocycles. The molecule has 0 radical (unpaired) electrons. The molecule has 2 saturated heterocycles. The second-order valence-electron chi connectivity index (χ2n) is 5.61. The van der Waals surface area contributed by atoms with Gasteiger partial charge in [0, 0.05) is 29.6 Å². The average Bonchev–Trinajstić information content (AvgIpc) is 2.94. The highest BCUT2D eigenvalue weighted by molar-refractivity contribution is 9.10. The van der Waals surface area contributed by atoms with Gasteiger partial charge in [0.15, 0.2) is 0 Å². The van der Waals surface area contributed by atoms with Gasteiger partial charge in [0.05, 0.1) is 0 Å². The van der Waals surface area contributed by atoms with Crippen LogP contribution < -0.4 is 5.32 Å². The fraction of sp³-hybridized carbons (Fsp3) is 0.600. The van der Waals surface area contributed by atoms with E-state index in [1.54, 1.807) is 0 Å². The topological polar surface area (TPSA) is 15.3 Å². The molecular weight excluding hydrogens is 288 g/mol. The van der Waals surface area contributed by atoms with E-state index in [-0.39, 0.29) is 0 Å². The van der Waals surface area contributed by atoms with Crippen molar-refractivity contribution in [3.05, 3.63) is 33.8 Å². The summed E-state index contributed by atoms with van der Waals surface area (Å²) in [7, 11) is 0. The quantitative estimate of drug-likeness (QED) is 0.923. The Bertz CT molecular complexity index is 433. The van der Waals surface area contributed by atoms with Crippen LogP contribution in [0.4, 0.5) is 0 Å². The number of hydrogen-bond acceptors (Lipinski definition) is 2. The van der Waals surface area contributed by atoms with Crippen molar-refractivity contribution < 1.29 is 0 Å². The van der Waals surface area contributed by atoms with Gasteiger partial charge in [-0.05, 0) is 49.9 Å². The van der Waals surface area contributed by atoms with Crippen LogP contribution in [0.2, 0.25) is 0 Å². The molecule has 0 bridgehead atoms. The Kier molecular flexibility index (Phi) is 3.73. The van der Waals surface area contributed by atoms with Crippen LogP contribution in [0.3, 0.4) is 0 Å². The van der Waals surface area contributed by atoms with Crippen molar-refractivity contribution in [1.29, 1.82) is 0 Å². The molecule has 1 aromatic rings. The lowest BCUT2D eigenvalue weighted by Gasteiger charge is -2.21. The van der Waals surface area contributed by atoms with E-state index in [1.165, 1.54) is 48.0 Å². The van der Waals surface area contributed by atoms with Gasteiger partial charge in [-0.2, -0.15) is 0 Å². The lowest BCUT2D eigenvalue weighted by atomic mass is 10.1. The highest BCUT2D eigenvalue weighted by atomic mass is 79.9. The lowest BCUT2D eigenvalue weighted by Crippen LogP contribution is -2.38. The maximum Gasteiger partial charge on any atom is 0.0250 e. The number of aryl methyl sites for hydroxylation is 1. The minimum Gasteiger partial charge on any atom is -0.308 e. The third kappa shape index (κ3) is 2.49. The van der Waals surface area contributed by atoms with Crippen molar-refractivity contribution in [3.8, 4) is 0 Å². The smallest absolute Gasteiger partial charge is 0.0250 e. The fourth-order valence-corrected chi connectivity index (χ4v) is 3.74. The zero-order chi connectivity index (χ0) is 12.5. The number of fused-ring (bicyclic) bond motifs is 1. The molecule has 2 unspecified atom stereocenters. The van der Waals surface area contributed by atoms with E-state index in [9.17, 15) is 0 Å². The zero-order valence-corrected chi connectivity index (χ0v) is 12.5. The van der Waals surface area contributed by atoms with E-state index >= 15 is 0 Å². The third-order valence-corrected chi connectivity index (χ3v) is 5.26. The number of hydrogen-bond donors (Lipinski definition) is 1. The highest BCUT2D eigenvalue weighted by Crippen LogP contribution is 2.28. The molecule has 3 rings (SSSR count). The van der Waals surface area contributed by atoms with Crippen molar-refractivity contribution in [2.24, 2.45) is 0 Å². The Morgan fingerprint density at radius 1 is 1.33 bits per heavy atom. The summed E-state index contributed by atoms with van der Waals surface area (Å²) in [6.07, 6.45) is 4.09. The summed E-state index contributed by atoms with van der Waals surface area (Å²) in [6, 6.07) is 8.17. The zero-order valence-electron chi connectivity index (χ0n) is 11.0. The molecular formula is C15H21BrN2. The average molecular weight is 309 g/mol. The number of halogens is 1. The first-order valence-electron chi connectivity index (χ1n) is 6.96. The summed E-state index contributed by atoms with van der Waals surface area (Å²) in [5.41, 5.74) is 2.69. The Balaban J connectivity index is 1.59. The highest BCUT2D eigenvalue weighted by Gasteiger charge is 2.36. The molecule has 0 aliphatic carbocycles. The van der Waals surface area contributed by atoms with Gasteiger partial charge < -0.3 is 5.32 Å². The Labute approximate surface area is 118 Å². The molecule has 18 heavy (non-hydrogen) atoms. The lowest BCUT2D eigenvalue weighted by molar-refractivity contribution is 0.298. The molecule has 0 amide bonds. The summed E-state index contributed by atoms with van der Waals surface area (Å²) < 4.78 is 1.22. The maximum absolute atomic E-state index is 3.75. The predicted molar refractivity (Wildman–Crippen MR) is 78.7 cm³/mol. The van der Waals surface area contributed by atoms with Crippen LogP contribution in [0.5, 0.6) is 0 Å². The summed E-state index contributed by atoms with van der Waals surface area (Å²) in [5.74, 6) is 0. The van der Waals surface area contributed by atoms with Crippen LogP contribution >= 0.6 is 15.9 Å². The van der Waals surface area contributed by atoms with Crippen molar-refractivity contribution in [2.45, 2.75) is 44.8 Å². The largest absolute Gasteiger partial charge is 0.308 e. The fourth-order valence-electron chi connectivity index (χ4n) is 3.32. The van der Waals surface area contributed by atoms with Crippen LogP contribution in [-0.4, -0.2) is 30.1 Å². The molecule has 0 saturated carbocycles. The predicted octanol–water partition coefficient (Wildman–Crippen LogP) is 3.08. The van der Waals surface area contributed by atoms with Gasteiger partial charge in [-0.15, -0.1) is 0 Å². The van der Waals surface area contributed by atoms with E-state index in [1.807, 2.05) is 0 Å². The van der Waals surface area contributed by atoms with Crippen molar-refractivity contribution in [2.75, 3.05) is 13.1 Å². The van der Waals surface area contributed by atoms with Gasteiger partial charge >= 0.3 is 0 Å². The van der Waals surface area contributed by atoms with E-state index in [0.717, 1.165) is 12.6 Å². The molecule has 98 valence electrons. The van der Waals surface area contributed by atoms with Crippen molar-refractivity contribution >= 4 is 15.9 Å². The van der Waals surface area contributed by atoms with Crippen LogP contribution in [0.25, 0.3) is 0 Å². The summed E-state index contributed by atoms with van der Waals surface area (Å²) >= 11 is 3.61. The van der Waals surface area contributed by atoms with Crippen LogP contribution in [-0.2, 0) is 6.54 Å². The monoisotopic (exact) mass is 308 g/mol. The minimum atomic E-state index is 0.701. The van der Waals surface area contributed by atoms with Crippen LogP contribution in [0.15, 0.2) is 22.7 Å². The first kappa shape index (κ1) is 12.6. The van der Waals surface area contributed by atoms with E-state index in [2.05, 4.69) is 51.3 Å². The summed E-state index contributed by atoms with van der Waals surface area (Å²) in [5, 5.41) is 3.75. The molecule has 2 fully saturated rings. The second-order valence-corrected chi connectivity index (χ2v) is 6.46. The molecule has 2 aliphatic rings. The van der Waals surface area contributed by atoms with Crippen LogP contribution in [0.1, 0.15) is 30.4 Å². The van der Waals surface area contributed by atoms with E-state index in [0.29, 0.717) is 6.04 Å². The molecule has 1 N–H and O–H groups in total. The SMILES string of the molecule is Cc1ccc(CNC2CCN3CCCC23)cc1Br. The normalized spacial score (nSPS) is 27.7. The summed E-state index contributed by atoms with van der Waals surface area (Å²) in [6.45, 7) is 5.74. The standard InChI is InChI=1S/C15H21BrN2/c1-11-4-5-12(9-13(11)16)10-17-14-6-8-18-7-2-3-15(14)18/h4-5,9,14-15,17H,2-3,6-8,10H2,1H3. The minimum absolute atomic E-state index is 0.701. The third-order valence-electron chi connectivity index (χ3n) is 4.41. The van der Waals surface area contributed by atoms with E-state index in [4.69, 9.17) is 0 Å². The molecule has 2 nitrogen and oxygen atoms in total. The first-order chi connectivity index (χ1) is 8.74. The Morgan fingerprint density at radius 2 is 2.22 bits per heavy atom. The van der Waals surface area contributed by atoms with E-state index < -0.39 is 0 Å².